The van der Waals surface area contributed by atoms with Gasteiger partial charge in [-0.25, -0.2) is 0 Å². The Morgan fingerprint density at radius 2 is 1.95 bits per heavy atom. The van der Waals surface area contributed by atoms with Crippen molar-refractivity contribution < 1.29 is 14.8 Å². The predicted octanol–water partition coefficient (Wildman–Crippen LogP) is 3.69. The maximum atomic E-state index is 11.4. The fourth-order valence-electron chi connectivity index (χ4n) is 1.97. The number of hydrogen-bond donors (Lipinski definition) is 1. The van der Waals surface area contributed by atoms with E-state index in [0.717, 1.165) is 10.5 Å². The van der Waals surface area contributed by atoms with Crippen LogP contribution in [0.3, 0.4) is 0 Å². The summed E-state index contributed by atoms with van der Waals surface area (Å²) in [6, 6.07) is 13.7. The summed E-state index contributed by atoms with van der Waals surface area (Å²) in [6.45, 7) is 1.96. The van der Waals surface area contributed by atoms with Gasteiger partial charge in [-0.15, -0.1) is 11.8 Å². The number of aliphatic carboxylic acids is 1. The minimum Gasteiger partial charge on any atom is -0.480 e. The molecule has 22 heavy (non-hydrogen) atoms. The Labute approximate surface area is 132 Å². The molecule has 0 fully saturated rings. The molecule has 2 aromatic rings. The van der Waals surface area contributed by atoms with Crippen molar-refractivity contribution in [1.82, 2.24) is 0 Å². The summed E-state index contributed by atoms with van der Waals surface area (Å²) in [6.07, 6.45) is 0.232. The number of rotatable bonds is 6. The third-order valence-electron chi connectivity index (χ3n) is 3.12. The molecule has 0 heterocycles. The Morgan fingerprint density at radius 3 is 2.55 bits per heavy atom. The lowest BCUT2D eigenvalue weighted by molar-refractivity contribution is -0.384. The summed E-state index contributed by atoms with van der Waals surface area (Å²) in [4.78, 5) is 22.6. The van der Waals surface area contributed by atoms with Gasteiger partial charge in [0.2, 0.25) is 0 Å². The molecular formula is C16H15NO4S. The molecule has 0 aliphatic heterocycles. The van der Waals surface area contributed by atoms with Crippen LogP contribution in [-0.4, -0.2) is 21.2 Å². The zero-order valence-corrected chi connectivity index (χ0v) is 12.7. The van der Waals surface area contributed by atoms with Crippen molar-refractivity contribution >= 4 is 23.4 Å². The SMILES string of the molecule is Cc1ccc(S[C@@H](Cc2cccc([N+](=O)[O-])c2)C(=O)O)cc1. The maximum absolute atomic E-state index is 11.4. The maximum Gasteiger partial charge on any atom is 0.317 e. The van der Waals surface area contributed by atoms with Crippen LogP contribution in [0.1, 0.15) is 11.1 Å². The smallest absolute Gasteiger partial charge is 0.317 e. The zero-order valence-electron chi connectivity index (χ0n) is 11.9. The molecule has 1 atom stereocenters. The number of thioether (sulfide) groups is 1. The van der Waals surface area contributed by atoms with Gasteiger partial charge in [-0.2, -0.15) is 0 Å². The van der Waals surface area contributed by atoms with Crippen molar-refractivity contribution in [3.63, 3.8) is 0 Å². The van der Waals surface area contributed by atoms with Crippen molar-refractivity contribution in [2.45, 2.75) is 23.5 Å². The number of nitro benzene ring substituents is 1. The van der Waals surface area contributed by atoms with E-state index in [0.29, 0.717) is 5.56 Å². The van der Waals surface area contributed by atoms with Gasteiger partial charge in [0.25, 0.3) is 5.69 Å². The summed E-state index contributed by atoms with van der Waals surface area (Å²) in [5, 5.41) is 19.5. The van der Waals surface area contributed by atoms with E-state index in [9.17, 15) is 20.0 Å². The van der Waals surface area contributed by atoms with Gasteiger partial charge in [0, 0.05) is 17.0 Å². The van der Waals surface area contributed by atoms with Gasteiger partial charge in [0.05, 0.1) is 4.92 Å². The molecule has 0 bridgehead atoms. The first-order chi connectivity index (χ1) is 10.5. The number of carboxylic acid groups (broad SMARTS) is 1. The minimum atomic E-state index is -0.933. The number of non-ortho nitro benzene ring substituents is 1. The number of hydrogen-bond acceptors (Lipinski definition) is 4. The lowest BCUT2D eigenvalue weighted by Crippen LogP contribution is -2.19. The molecule has 0 spiro atoms. The van der Waals surface area contributed by atoms with Gasteiger partial charge in [-0.3, -0.25) is 14.9 Å². The van der Waals surface area contributed by atoms with Gasteiger partial charge in [0.1, 0.15) is 5.25 Å². The van der Waals surface area contributed by atoms with Crippen LogP contribution in [0.2, 0.25) is 0 Å². The van der Waals surface area contributed by atoms with Crippen LogP contribution in [0, 0.1) is 17.0 Å². The van der Waals surface area contributed by atoms with Crippen molar-refractivity contribution in [3.05, 3.63) is 69.8 Å². The Balaban J connectivity index is 2.15. The number of nitro groups is 1. The van der Waals surface area contributed by atoms with Crippen molar-refractivity contribution in [2.24, 2.45) is 0 Å². The van der Waals surface area contributed by atoms with E-state index in [4.69, 9.17) is 0 Å². The van der Waals surface area contributed by atoms with Crippen LogP contribution >= 0.6 is 11.8 Å². The van der Waals surface area contributed by atoms with Crippen molar-refractivity contribution in [3.8, 4) is 0 Å². The monoisotopic (exact) mass is 317 g/mol. The molecule has 0 saturated heterocycles. The first-order valence-electron chi connectivity index (χ1n) is 6.65. The second kappa shape index (κ2) is 7.09. The Bertz CT molecular complexity index is 685. The summed E-state index contributed by atoms with van der Waals surface area (Å²) in [5.41, 5.74) is 1.72. The Kier molecular flexibility index (Phi) is 5.16. The molecule has 0 amide bonds. The van der Waals surface area contributed by atoms with E-state index < -0.39 is 16.1 Å². The van der Waals surface area contributed by atoms with E-state index in [1.54, 1.807) is 12.1 Å². The highest BCUT2D eigenvalue weighted by Gasteiger charge is 2.20. The van der Waals surface area contributed by atoms with E-state index in [-0.39, 0.29) is 12.1 Å². The van der Waals surface area contributed by atoms with Gasteiger partial charge >= 0.3 is 5.97 Å². The Hall–Kier alpha value is -2.34. The van der Waals surface area contributed by atoms with E-state index in [1.165, 1.54) is 23.9 Å². The second-order valence-corrected chi connectivity index (χ2v) is 6.17. The van der Waals surface area contributed by atoms with Gasteiger partial charge in [-0.05, 0) is 31.0 Å². The highest BCUT2D eigenvalue weighted by atomic mass is 32.2. The van der Waals surface area contributed by atoms with Crippen LogP contribution < -0.4 is 0 Å². The third-order valence-corrected chi connectivity index (χ3v) is 4.31. The zero-order chi connectivity index (χ0) is 16.1. The molecule has 6 heteroatoms. The number of carbonyl (C=O) groups is 1. The molecule has 0 aliphatic rings. The Morgan fingerprint density at radius 1 is 1.27 bits per heavy atom. The number of aryl methyl sites for hydroxylation is 1. The highest BCUT2D eigenvalue weighted by molar-refractivity contribution is 8.00. The second-order valence-electron chi connectivity index (χ2n) is 4.89. The molecule has 0 radical (unpaired) electrons. The molecular weight excluding hydrogens is 302 g/mol. The molecule has 0 aromatic heterocycles. The van der Waals surface area contributed by atoms with Gasteiger partial charge < -0.3 is 5.11 Å². The van der Waals surface area contributed by atoms with E-state index in [2.05, 4.69) is 0 Å². The molecule has 1 N–H and O–H groups in total. The van der Waals surface area contributed by atoms with Crippen LogP contribution in [0.15, 0.2) is 53.4 Å². The quantitative estimate of drug-likeness (QED) is 0.499. The van der Waals surface area contributed by atoms with Crippen LogP contribution in [0.25, 0.3) is 0 Å². The molecule has 0 saturated carbocycles. The summed E-state index contributed by atoms with van der Waals surface area (Å²) in [5.74, 6) is -0.933. The summed E-state index contributed by atoms with van der Waals surface area (Å²) < 4.78 is 0. The summed E-state index contributed by atoms with van der Waals surface area (Å²) >= 11 is 1.25. The fraction of sp³-hybridized carbons (Fsp3) is 0.188. The fourth-order valence-corrected chi connectivity index (χ4v) is 2.97. The number of carboxylic acids is 1. The minimum absolute atomic E-state index is 0.0259. The molecule has 0 aliphatic carbocycles. The lowest BCUT2D eigenvalue weighted by atomic mass is 10.1. The molecule has 2 rings (SSSR count). The lowest BCUT2D eigenvalue weighted by Gasteiger charge is -2.12. The first-order valence-corrected chi connectivity index (χ1v) is 7.53. The van der Waals surface area contributed by atoms with Crippen molar-refractivity contribution in [1.29, 1.82) is 0 Å². The third kappa shape index (κ3) is 4.33. The average molecular weight is 317 g/mol. The molecule has 5 nitrogen and oxygen atoms in total. The molecule has 114 valence electrons. The van der Waals surface area contributed by atoms with E-state index >= 15 is 0 Å². The summed E-state index contributed by atoms with van der Waals surface area (Å²) in [7, 11) is 0. The topological polar surface area (TPSA) is 80.4 Å². The van der Waals surface area contributed by atoms with Crippen LogP contribution in [-0.2, 0) is 11.2 Å². The normalized spacial score (nSPS) is 11.9. The van der Waals surface area contributed by atoms with Crippen molar-refractivity contribution in [2.75, 3.05) is 0 Å². The largest absolute Gasteiger partial charge is 0.480 e. The van der Waals surface area contributed by atoms with E-state index in [1.807, 2.05) is 31.2 Å². The average Bonchev–Trinajstić information content (AvgIpc) is 2.49. The molecule has 0 unspecified atom stereocenters. The standard InChI is InChI=1S/C16H15NO4S/c1-11-5-7-14(8-6-11)22-15(16(18)19)10-12-3-2-4-13(9-12)17(20)21/h2-9,15H,10H2,1H3,(H,18,19)/t15-/m0/s1. The van der Waals surface area contributed by atoms with Gasteiger partial charge in [-0.1, -0.05) is 29.8 Å². The highest BCUT2D eigenvalue weighted by Crippen LogP contribution is 2.27. The predicted molar refractivity (Wildman–Crippen MR) is 85.3 cm³/mol. The van der Waals surface area contributed by atoms with Crippen LogP contribution in [0.5, 0.6) is 0 Å². The van der Waals surface area contributed by atoms with Gasteiger partial charge in [0.15, 0.2) is 0 Å². The number of benzene rings is 2. The molecule has 2 aromatic carbocycles. The number of nitrogens with zero attached hydrogens (tertiary/aromatic N) is 1. The van der Waals surface area contributed by atoms with Crippen LogP contribution in [0.4, 0.5) is 5.69 Å². The first kappa shape index (κ1) is 16.0.